The van der Waals surface area contributed by atoms with E-state index in [9.17, 15) is 22.8 Å². The Morgan fingerprint density at radius 2 is 1.58 bits per heavy atom. The van der Waals surface area contributed by atoms with Crippen LogP contribution in [0.1, 0.15) is 31.8 Å². The summed E-state index contributed by atoms with van der Waals surface area (Å²) < 4.78 is 38.8. The maximum Gasteiger partial charge on any atom is 0.416 e. The molecule has 3 aromatic carbocycles. The van der Waals surface area contributed by atoms with Gasteiger partial charge in [-0.1, -0.05) is 47.0 Å². The summed E-state index contributed by atoms with van der Waals surface area (Å²) in [6, 6.07) is 13.5. The van der Waals surface area contributed by atoms with Gasteiger partial charge < -0.3 is 10.6 Å². The molecule has 9 heteroatoms. The van der Waals surface area contributed by atoms with Crippen LogP contribution in [0.15, 0.2) is 60.7 Å². The van der Waals surface area contributed by atoms with Crippen LogP contribution in [0.3, 0.4) is 0 Å². The van der Waals surface area contributed by atoms with Gasteiger partial charge in [-0.15, -0.1) is 0 Å². The highest BCUT2D eigenvalue weighted by Crippen LogP contribution is 2.33. The standard InChI is InChI=1S/C22H15Cl2F3N2O2/c1-12-4-2-5-13(8-12)20(30)29-19-17(10-15(23)11-18(19)24)21(31)28-16-7-3-6-14(9-16)22(25,26)27/h2-11H,1H3,(H,28,31)(H,29,30). The average Bonchev–Trinajstić information content (AvgIpc) is 2.69. The molecular weight excluding hydrogens is 452 g/mol. The van der Waals surface area contributed by atoms with E-state index in [-0.39, 0.29) is 27.0 Å². The number of anilines is 2. The smallest absolute Gasteiger partial charge is 0.322 e. The molecule has 0 heterocycles. The molecule has 2 N–H and O–H groups in total. The van der Waals surface area contributed by atoms with Crippen LogP contribution in [0.2, 0.25) is 10.0 Å². The number of amides is 2. The molecule has 0 saturated carbocycles. The molecule has 3 rings (SSSR count). The van der Waals surface area contributed by atoms with Crippen LogP contribution >= 0.6 is 23.2 Å². The summed E-state index contributed by atoms with van der Waals surface area (Å²) in [6.07, 6.45) is -4.56. The largest absolute Gasteiger partial charge is 0.416 e. The Hall–Kier alpha value is -3.03. The fraction of sp³-hybridized carbons (Fsp3) is 0.0909. The summed E-state index contributed by atoms with van der Waals surface area (Å²) in [5.41, 5.74) is 0.0971. The molecule has 0 spiro atoms. The predicted molar refractivity (Wildman–Crippen MR) is 115 cm³/mol. The van der Waals surface area contributed by atoms with Gasteiger partial charge in [0.2, 0.25) is 0 Å². The zero-order chi connectivity index (χ0) is 22.8. The molecule has 0 aromatic heterocycles. The maximum atomic E-state index is 12.9. The van der Waals surface area contributed by atoms with Gasteiger partial charge >= 0.3 is 6.18 Å². The number of rotatable bonds is 4. The SMILES string of the molecule is Cc1cccc(C(=O)Nc2c(Cl)cc(Cl)cc2C(=O)Nc2cccc(C(F)(F)F)c2)c1. The van der Waals surface area contributed by atoms with E-state index in [1.807, 2.05) is 13.0 Å². The number of aryl methyl sites for hydroxylation is 1. The number of halogens is 5. The molecule has 0 unspecified atom stereocenters. The number of hydrogen-bond donors (Lipinski definition) is 2. The Morgan fingerprint density at radius 1 is 0.871 bits per heavy atom. The molecule has 160 valence electrons. The van der Waals surface area contributed by atoms with Crippen molar-refractivity contribution >= 4 is 46.4 Å². The fourth-order valence-electron chi connectivity index (χ4n) is 2.82. The van der Waals surface area contributed by atoms with Crippen LogP contribution < -0.4 is 10.6 Å². The zero-order valence-corrected chi connectivity index (χ0v) is 17.5. The van der Waals surface area contributed by atoms with Crippen LogP contribution in [0.5, 0.6) is 0 Å². The first-order chi connectivity index (χ1) is 14.5. The van der Waals surface area contributed by atoms with Gasteiger partial charge in [0, 0.05) is 16.3 Å². The average molecular weight is 467 g/mol. The van der Waals surface area contributed by atoms with Crippen molar-refractivity contribution in [3.63, 3.8) is 0 Å². The van der Waals surface area contributed by atoms with E-state index >= 15 is 0 Å². The summed E-state index contributed by atoms with van der Waals surface area (Å²) in [7, 11) is 0. The highest BCUT2D eigenvalue weighted by Gasteiger charge is 2.30. The van der Waals surface area contributed by atoms with Crippen molar-refractivity contribution in [1.29, 1.82) is 0 Å². The maximum absolute atomic E-state index is 12.9. The Morgan fingerprint density at radius 3 is 2.26 bits per heavy atom. The van der Waals surface area contributed by atoms with E-state index in [1.54, 1.807) is 18.2 Å². The lowest BCUT2D eigenvalue weighted by molar-refractivity contribution is -0.137. The normalized spacial score (nSPS) is 11.2. The molecule has 0 atom stereocenters. The molecule has 31 heavy (non-hydrogen) atoms. The first kappa shape index (κ1) is 22.7. The molecule has 2 amide bonds. The van der Waals surface area contributed by atoms with Crippen LogP contribution in [0.25, 0.3) is 0 Å². The van der Waals surface area contributed by atoms with Gasteiger partial charge in [0.15, 0.2) is 0 Å². The lowest BCUT2D eigenvalue weighted by Crippen LogP contribution is -2.19. The molecule has 0 aliphatic carbocycles. The van der Waals surface area contributed by atoms with Crippen LogP contribution in [0.4, 0.5) is 24.5 Å². The van der Waals surface area contributed by atoms with E-state index in [2.05, 4.69) is 10.6 Å². The topological polar surface area (TPSA) is 58.2 Å². The van der Waals surface area contributed by atoms with Gasteiger partial charge in [0.1, 0.15) is 0 Å². The zero-order valence-electron chi connectivity index (χ0n) is 16.0. The second kappa shape index (κ2) is 8.99. The minimum absolute atomic E-state index is 0.00250. The molecule has 0 radical (unpaired) electrons. The Labute approximate surface area is 186 Å². The monoisotopic (exact) mass is 466 g/mol. The van der Waals surface area contributed by atoms with Crippen molar-refractivity contribution in [1.82, 2.24) is 0 Å². The molecule has 4 nitrogen and oxygen atoms in total. The summed E-state index contributed by atoms with van der Waals surface area (Å²) in [5.74, 6) is -1.30. The first-order valence-corrected chi connectivity index (χ1v) is 9.66. The number of nitrogens with one attached hydrogen (secondary N) is 2. The molecule has 0 saturated heterocycles. The highest BCUT2D eigenvalue weighted by molar-refractivity contribution is 6.38. The van der Waals surface area contributed by atoms with Crippen molar-refractivity contribution in [3.8, 4) is 0 Å². The van der Waals surface area contributed by atoms with Crippen molar-refractivity contribution in [2.45, 2.75) is 13.1 Å². The van der Waals surface area contributed by atoms with E-state index in [1.165, 1.54) is 24.3 Å². The van der Waals surface area contributed by atoms with Crippen molar-refractivity contribution < 1.29 is 22.8 Å². The van der Waals surface area contributed by atoms with Crippen molar-refractivity contribution in [2.75, 3.05) is 10.6 Å². The lowest BCUT2D eigenvalue weighted by Gasteiger charge is -2.15. The third-order valence-corrected chi connectivity index (χ3v) is 4.78. The van der Waals surface area contributed by atoms with Crippen LogP contribution in [-0.4, -0.2) is 11.8 Å². The van der Waals surface area contributed by atoms with E-state index < -0.39 is 23.6 Å². The second-order valence-electron chi connectivity index (χ2n) is 6.67. The number of carbonyl (C=O) groups excluding carboxylic acids is 2. The van der Waals surface area contributed by atoms with E-state index in [4.69, 9.17) is 23.2 Å². The molecule has 0 fully saturated rings. The minimum Gasteiger partial charge on any atom is -0.322 e. The van der Waals surface area contributed by atoms with Gasteiger partial charge in [0.05, 0.1) is 21.8 Å². The third kappa shape index (κ3) is 5.57. The summed E-state index contributed by atoms with van der Waals surface area (Å²) in [4.78, 5) is 25.4. The number of hydrogen-bond acceptors (Lipinski definition) is 2. The van der Waals surface area contributed by atoms with Crippen molar-refractivity contribution in [2.24, 2.45) is 0 Å². The Kier molecular flexibility index (Phi) is 6.57. The van der Waals surface area contributed by atoms with Gasteiger partial charge in [-0.3, -0.25) is 9.59 Å². The fourth-order valence-corrected chi connectivity index (χ4v) is 3.36. The highest BCUT2D eigenvalue weighted by atomic mass is 35.5. The lowest BCUT2D eigenvalue weighted by atomic mass is 10.1. The first-order valence-electron chi connectivity index (χ1n) is 8.90. The predicted octanol–water partition coefficient (Wildman–Crippen LogP) is 6.83. The van der Waals surface area contributed by atoms with Crippen LogP contribution in [0, 0.1) is 6.92 Å². The van der Waals surface area contributed by atoms with Gasteiger partial charge in [-0.25, -0.2) is 0 Å². The van der Waals surface area contributed by atoms with Crippen molar-refractivity contribution in [3.05, 3.63) is 93.0 Å². The Balaban J connectivity index is 1.92. The molecule has 3 aromatic rings. The molecule has 0 aliphatic rings. The summed E-state index contributed by atoms with van der Waals surface area (Å²) in [6.45, 7) is 1.82. The van der Waals surface area contributed by atoms with E-state index in [0.717, 1.165) is 17.7 Å². The molecule has 0 bridgehead atoms. The number of alkyl halides is 3. The minimum atomic E-state index is -4.56. The number of benzene rings is 3. The number of carbonyl (C=O) groups is 2. The molecule has 0 aliphatic heterocycles. The quantitative estimate of drug-likeness (QED) is 0.442. The Bertz CT molecular complexity index is 1160. The molecular formula is C22H15Cl2F3N2O2. The third-order valence-electron chi connectivity index (χ3n) is 4.27. The van der Waals surface area contributed by atoms with Gasteiger partial charge in [0.25, 0.3) is 11.8 Å². The second-order valence-corrected chi connectivity index (χ2v) is 7.51. The van der Waals surface area contributed by atoms with Crippen LogP contribution in [-0.2, 0) is 6.18 Å². The van der Waals surface area contributed by atoms with E-state index in [0.29, 0.717) is 5.56 Å². The van der Waals surface area contributed by atoms with Gasteiger partial charge in [-0.2, -0.15) is 13.2 Å². The summed E-state index contributed by atoms with van der Waals surface area (Å²) >= 11 is 12.2. The summed E-state index contributed by atoms with van der Waals surface area (Å²) in [5, 5.41) is 5.08. The van der Waals surface area contributed by atoms with Gasteiger partial charge in [-0.05, 0) is 49.4 Å².